The Kier molecular flexibility index (Phi) is 34.6. The summed E-state index contributed by atoms with van der Waals surface area (Å²) in [7, 11) is 0. The summed E-state index contributed by atoms with van der Waals surface area (Å²) in [5.74, 6) is -2.12. The number of carboxylic acids is 1. The molecular formula is C8H19N2Na2O6+. The van der Waals surface area contributed by atoms with E-state index in [4.69, 9.17) is 15.3 Å². The summed E-state index contributed by atoms with van der Waals surface area (Å²) < 4.78 is 0. The number of aliphatic hydroxyl groups is 2. The molecule has 0 fully saturated rings. The fourth-order valence-electron chi connectivity index (χ4n) is 0.561. The molecule has 0 aromatic heterocycles. The van der Waals surface area contributed by atoms with Crippen LogP contribution in [0, 0.1) is 0 Å². The van der Waals surface area contributed by atoms with Gasteiger partial charge in [-0.1, -0.05) is 0 Å². The largest absolute Gasteiger partial charge is 1.00 e. The minimum Gasteiger partial charge on any atom is -1.00 e. The van der Waals surface area contributed by atoms with Crippen LogP contribution in [0.1, 0.15) is 1.43 Å². The van der Waals surface area contributed by atoms with Gasteiger partial charge in [-0.2, -0.15) is 0 Å². The molecule has 0 aromatic rings. The second-order valence-electron chi connectivity index (χ2n) is 2.60. The van der Waals surface area contributed by atoms with Crippen molar-refractivity contribution in [2.75, 3.05) is 39.4 Å². The number of carbonyl (C=O) groups excluding carboxylic acids is 2. The van der Waals surface area contributed by atoms with Crippen LogP contribution in [0.15, 0.2) is 0 Å². The Morgan fingerprint density at radius 1 is 1.06 bits per heavy atom. The van der Waals surface area contributed by atoms with E-state index in [9.17, 15) is 14.7 Å². The molecule has 0 aliphatic heterocycles. The minimum atomic E-state index is -1.28. The Labute approximate surface area is 151 Å². The van der Waals surface area contributed by atoms with Crippen LogP contribution in [-0.4, -0.2) is 66.7 Å². The maximum atomic E-state index is 9.82. The van der Waals surface area contributed by atoms with Crippen molar-refractivity contribution in [2.45, 2.75) is 0 Å². The second kappa shape index (κ2) is 22.9. The van der Waals surface area contributed by atoms with E-state index in [-0.39, 0.29) is 86.8 Å². The van der Waals surface area contributed by atoms with Gasteiger partial charge in [-0.15, -0.1) is 0 Å². The van der Waals surface area contributed by atoms with Crippen molar-refractivity contribution in [3.05, 3.63) is 0 Å². The minimum absolute atomic E-state index is 0. The third kappa shape index (κ3) is 36.0. The van der Waals surface area contributed by atoms with Crippen molar-refractivity contribution in [1.29, 1.82) is 0 Å². The van der Waals surface area contributed by atoms with Crippen LogP contribution >= 0.6 is 0 Å². The van der Waals surface area contributed by atoms with Crippen LogP contribution in [0.2, 0.25) is 0 Å². The van der Waals surface area contributed by atoms with Gasteiger partial charge >= 0.3 is 65.1 Å². The van der Waals surface area contributed by atoms with E-state index >= 15 is 0 Å². The Balaban J connectivity index is -0.0000000607. The summed E-state index contributed by atoms with van der Waals surface area (Å²) in [6.07, 6.45) is 0. The van der Waals surface area contributed by atoms with Crippen molar-refractivity contribution in [2.24, 2.45) is 0 Å². The van der Waals surface area contributed by atoms with Gasteiger partial charge in [-0.3, -0.25) is 5.32 Å². The van der Waals surface area contributed by atoms with Crippen LogP contribution < -0.4 is 74.9 Å². The zero-order chi connectivity index (χ0) is 12.8. The number of aliphatic carboxylic acids is 1. The topological polar surface area (TPSA) is 145 Å². The number of hydrogen-bond donors (Lipinski definition) is 4. The molecule has 0 aromatic carbocycles. The molecule has 0 unspecified atom stereocenters. The van der Waals surface area contributed by atoms with Crippen molar-refractivity contribution >= 4 is 11.9 Å². The molecule has 0 radical (unpaired) electrons. The average molecular weight is 285 g/mol. The first-order chi connectivity index (χ1) is 7.54. The van der Waals surface area contributed by atoms with Crippen LogP contribution in [-0.2, 0) is 9.59 Å². The summed E-state index contributed by atoms with van der Waals surface area (Å²) in [6.45, 7) is 0.791. The van der Waals surface area contributed by atoms with E-state index in [0.717, 1.165) is 0 Å². The Hall–Kier alpha value is 0.780. The Morgan fingerprint density at radius 2 is 1.50 bits per heavy atom. The standard InChI is InChI=1S/C4H7NO4.C4H11NO2.2Na.H/c6-3(7)1-5-2-4(8)9;6-3-1-5-2-4-7;;;/h5H,1-2H2,(H,6,7)(H,8,9);5-7H,1-4H2;;;/q;;2*+1;-1. The van der Waals surface area contributed by atoms with Crippen molar-refractivity contribution in [1.82, 2.24) is 10.6 Å². The quantitative estimate of drug-likeness (QED) is 0.197. The van der Waals surface area contributed by atoms with Gasteiger partial charge in [0.05, 0.1) is 19.2 Å². The molecule has 0 rings (SSSR count). The number of rotatable bonds is 8. The SMILES string of the molecule is O=C([O-])CNCC(=O)[OH2+].OCCNCCO.[H-].[Na+].[Na+]. The molecule has 6 N–H and O–H groups in total. The van der Waals surface area contributed by atoms with E-state index in [1.807, 2.05) is 0 Å². The molecule has 0 aliphatic rings. The molecule has 10 heteroatoms. The maximum Gasteiger partial charge on any atom is 1.00 e. The zero-order valence-electron chi connectivity index (χ0n) is 11.9. The number of aliphatic hydroxyl groups excluding tert-OH is 2. The fraction of sp³-hybridized carbons (Fsp3) is 0.750. The summed E-state index contributed by atoms with van der Waals surface area (Å²) in [5, 5.41) is 37.2. The van der Waals surface area contributed by atoms with Crippen LogP contribution in [0.5, 0.6) is 0 Å². The molecule has 18 heavy (non-hydrogen) atoms. The van der Waals surface area contributed by atoms with Crippen molar-refractivity contribution in [3.8, 4) is 0 Å². The third-order valence-corrected chi connectivity index (χ3v) is 1.13. The molecule has 0 bridgehead atoms. The van der Waals surface area contributed by atoms with Crippen molar-refractivity contribution in [3.63, 3.8) is 0 Å². The first-order valence-corrected chi connectivity index (χ1v) is 4.62. The number of hydrogen-bond acceptors (Lipinski definition) is 7. The van der Waals surface area contributed by atoms with Gasteiger partial charge in [-0.25, -0.2) is 0 Å². The molecule has 8 nitrogen and oxygen atoms in total. The third-order valence-electron chi connectivity index (χ3n) is 1.13. The smallest absolute Gasteiger partial charge is 1.00 e. The van der Waals surface area contributed by atoms with E-state index < -0.39 is 11.9 Å². The summed E-state index contributed by atoms with van der Waals surface area (Å²) in [6, 6.07) is 0. The molecule has 0 heterocycles. The maximum absolute atomic E-state index is 9.82. The Morgan fingerprint density at radius 3 is 1.78 bits per heavy atom. The van der Waals surface area contributed by atoms with Gasteiger partial charge in [-0.05, 0) is 0 Å². The van der Waals surface area contributed by atoms with E-state index in [1.54, 1.807) is 0 Å². The Bertz CT molecular complexity index is 184. The number of carboxylic acid groups (broad SMARTS) is 1. The molecule has 0 amide bonds. The molecular weight excluding hydrogens is 266 g/mol. The normalized spacial score (nSPS) is 8.11. The molecule has 0 saturated heterocycles. The second-order valence-corrected chi connectivity index (χ2v) is 2.60. The summed E-state index contributed by atoms with van der Waals surface area (Å²) in [4.78, 5) is 19.5. The fourth-order valence-corrected chi connectivity index (χ4v) is 0.561. The predicted octanol–water partition coefficient (Wildman–Crippen LogP) is -10.7. The van der Waals surface area contributed by atoms with E-state index in [0.29, 0.717) is 13.1 Å². The zero-order valence-corrected chi connectivity index (χ0v) is 14.9. The number of carbonyl (C=O) groups is 2. The van der Waals surface area contributed by atoms with Gasteiger partial charge in [0.1, 0.15) is 0 Å². The monoisotopic (exact) mass is 285 g/mol. The van der Waals surface area contributed by atoms with Gasteiger partial charge in [0, 0.05) is 24.4 Å². The van der Waals surface area contributed by atoms with E-state index in [2.05, 4.69) is 10.6 Å². The molecule has 0 aliphatic carbocycles. The number of nitrogens with one attached hydrogen (secondary N) is 2. The van der Waals surface area contributed by atoms with Crippen LogP contribution in [0.25, 0.3) is 0 Å². The van der Waals surface area contributed by atoms with Crippen LogP contribution in [0.4, 0.5) is 0 Å². The van der Waals surface area contributed by atoms with Gasteiger partial charge < -0.3 is 32.0 Å². The first-order valence-electron chi connectivity index (χ1n) is 4.62. The first kappa shape index (κ1) is 27.2. The summed E-state index contributed by atoms with van der Waals surface area (Å²) in [5.41, 5.74) is 0. The van der Waals surface area contributed by atoms with Gasteiger partial charge in [0.15, 0.2) is 6.54 Å². The van der Waals surface area contributed by atoms with Crippen molar-refractivity contribution < 1.29 is 90.6 Å². The predicted molar refractivity (Wildman–Crippen MR) is 54.7 cm³/mol. The molecule has 0 spiro atoms. The van der Waals surface area contributed by atoms with Gasteiger partial charge in [0.25, 0.3) is 0 Å². The van der Waals surface area contributed by atoms with Crippen LogP contribution in [0.3, 0.4) is 0 Å². The molecule has 0 saturated carbocycles. The summed E-state index contributed by atoms with van der Waals surface area (Å²) >= 11 is 0. The average Bonchev–Trinajstić information content (AvgIpc) is 2.18. The molecule has 98 valence electrons. The van der Waals surface area contributed by atoms with Gasteiger partial charge in [0.2, 0.25) is 0 Å². The molecule has 0 atom stereocenters. The van der Waals surface area contributed by atoms with E-state index in [1.165, 1.54) is 0 Å².